The van der Waals surface area contributed by atoms with Gasteiger partial charge in [0.2, 0.25) is 11.8 Å². The van der Waals surface area contributed by atoms with Gasteiger partial charge in [-0.05, 0) is 12.1 Å². The quantitative estimate of drug-likeness (QED) is 0.0927. The van der Waals surface area contributed by atoms with E-state index in [9.17, 15) is 52.6 Å². The van der Waals surface area contributed by atoms with Gasteiger partial charge < -0.3 is 53.4 Å². The van der Waals surface area contributed by atoms with Crippen molar-refractivity contribution < 1.29 is 94.8 Å². The molecule has 0 aromatic carbocycles. The molecule has 332 valence electrons. The highest BCUT2D eigenvalue weighted by molar-refractivity contribution is 7.47. The number of aromatic nitrogens is 2. The summed E-state index contributed by atoms with van der Waals surface area (Å²) in [4.78, 5) is 124. The van der Waals surface area contributed by atoms with Gasteiger partial charge in [0.25, 0.3) is 0 Å². The number of carbonyl (C=O) groups is 8. The fourth-order valence-corrected chi connectivity index (χ4v) is 6.59. The summed E-state index contributed by atoms with van der Waals surface area (Å²) in [7, 11) is -5.21. The summed E-state index contributed by atoms with van der Waals surface area (Å²) in [5.41, 5.74) is -1.00. The Morgan fingerprint density at radius 2 is 1.45 bits per heavy atom. The van der Waals surface area contributed by atoms with E-state index in [-0.39, 0.29) is 11.6 Å². The molecule has 2 aliphatic heterocycles. The lowest BCUT2D eigenvalue weighted by Crippen LogP contribution is -2.61. The number of carbonyl (C=O) groups excluding carboxylic acids is 8. The van der Waals surface area contributed by atoms with Gasteiger partial charge in [0.15, 0.2) is 36.7 Å². The first-order valence-electron chi connectivity index (χ1n) is 17.7. The molecule has 60 heavy (non-hydrogen) atoms. The van der Waals surface area contributed by atoms with E-state index in [1.165, 1.54) is 13.0 Å². The van der Waals surface area contributed by atoms with Crippen molar-refractivity contribution in [3.8, 4) is 0 Å². The van der Waals surface area contributed by atoms with Crippen LogP contribution in [-0.2, 0) is 89.9 Å². The van der Waals surface area contributed by atoms with E-state index in [4.69, 9.17) is 46.9 Å². The Balaban J connectivity index is 1.94. The van der Waals surface area contributed by atoms with Crippen molar-refractivity contribution in [1.29, 1.82) is 0 Å². The summed E-state index contributed by atoms with van der Waals surface area (Å²) in [6.45, 7) is 5.82. The zero-order chi connectivity index (χ0) is 45.1. The molecule has 0 saturated carbocycles. The average molecular weight is 877 g/mol. The second kappa shape index (κ2) is 21.5. The molecule has 4 unspecified atom stereocenters. The van der Waals surface area contributed by atoms with Crippen molar-refractivity contribution in [3.63, 3.8) is 0 Å². The highest BCUT2D eigenvalue weighted by atomic mass is 31.2. The molecule has 2 amide bonds. The van der Waals surface area contributed by atoms with Crippen LogP contribution in [0.25, 0.3) is 0 Å². The van der Waals surface area contributed by atoms with Crippen molar-refractivity contribution in [2.24, 2.45) is 0 Å². The second-order valence-corrected chi connectivity index (χ2v) is 14.4. The Hall–Kier alpha value is -5.75. The zero-order valence-electron chi connectivity index (χ0n) is 33.5. The van der Waals surface area contributed by atoms with Crippen molar-refractivity contribution in [2.75, 3.05) is 25.1 Å². The lowest BCUT2D eigenvalue weighted by molar-refractivity contribution is -0.191. The van der Waals surface area contributed by atoms with Gasteiger partial charge in [0.1, 0.15) is 43.0 Å². The van der Waals surface area contributed by atoms with Crippen molar-refractivity contribution in [3.05, 3.63) is 34.6 Å². The van der Waals surface area contributed by atoms with Gasteiger partial charge in [-0.2, -0.15) is 4.98 Å². The molecule has 3 N–H and O–H groups in total. The van der Waals surface area contributed by atoms with E-state index in [2.05, 4.69) is 15.6 Å². The predicted molar refractivity (Wildman–Crippen MR) is 193 cm³/mol. The van der Waals surface area contributed by atoms with E-state index >= 15 is 0 Å². The molecule has 0 radical (unpaired) electrons. The van der Waals surface area contributed by atoms with E-state index in [0.717, 1.165) is 65.3 Å². The van der Waals surface area contributed by atoms with Crippen LogP contribution in [0.1, 0.15) is 61.6 Å². The number of hydrogen-bond donors (Lipinski definition) is 3. The van der Waals surface area contributed by atoms with Crippen LogP contribution in [0, 0.1) is 0 Å². The molecule has 2 aliphatic rings. The van der Waals surface area contributed by atoms with Gasteiger partial charge in [0.05, 0.1) is 6.61 Å². The van der Waals surface area contributed by atoms with E-state index in [0.29, 0.717) is 0 Å². The maximum atomic E-state index is 13.3. The second-order valence-electron chi connectivity index (χ2n) is 13.0. The number of nitrogens with zero attached hydrogens (tertiary/aromatic N) is 2. The van der Waals surface area contributed by atoms with Gasteiger partial charge in [-0.25, -0.2) is 9.36 Å². The third-order valence-electron chi connectivity index (χ3n) is 7.85. The van der Waals surface area contributed by atoms with Crippen LogP contribution in [0.2, 0.25) is 0 Å². The minimum Gasteiger partial charge on any atom is -0.486 e. The van der Waals surface area contributed by atoms with E-state index < -0.39 is 136 Å². The molecule has 0 aliphatic carbocycles. The SMILES string of the molecule is CC(=O)Nc1ccn([C@@H]2O[C@H](COP(=O)(O)OCC3=C[C@@H](OC(C)=O)[C@@H](NC(C)=O)C([C@H](OC(C)=O)[C@@H](COC(C)=O)OC(C)=O)O3)C(OC(C)=O)C2OC(C)=O)c(=O)n1. The zero-order valence-corrected chi connectivity index (χ0v) is 34.4. The van der Waals surface area contributed by atoms with Crippen LogP contribution in [-0.4, -0.2) is 131 Å². The molecular formula is C34H45N4O21P. The largest absolute Gasteiger partial charge is 0.486 e. The summed E-state index contributed by atoms with van der Waals surface area (Å²) >= 11 is 0. The number of anilines is 1. The lowest BCUT2D eigenvalue weighted by atomic mass is 9.93. The molecule has 3 rings (SSSR count). The summed E-state index contributed by atoms with van der Waals surface area (Å²) in [5, 5.41) is 4.82. The number of hydrogen-bond acceptors (Lipinski definition) is 21. The van der Waals surface area contributed by atoms with Gasteiger partial charge >= 0.3 is 49.3 Å². The number of nitrogens with one attached hydrogen (secondary N) is 2. The number of amides is 2. The Morgan fingerprint density at radius 3 is 1.98 bits per heavy atom. The molecule has 1 fully saturated rings. The topological polar surface area (TPSA) is 325 Å². The number of esters is 6. The first kappa shape index (κ1) is 48.6. The Kier molecular flexibility index (Phi) is 17.4. The van der Waals surface area contributed by atoms with Crippen LogP contribution < -0.4 is 16.3 Å². The fourth-order valence-electron chi connectivity index (χ4n) is 5.89. The van der Waals surface area contributed by atoms with Crippen LogP contribution in [0.15, 0.2) is 28.9 Å². The third kappa shape index (κ3) is 14.8. The van der Waals surface area contributed by atoms with Crippen LogP contribution in [0.4, 0.5) is 5.82 Å². The Bertz CT molecular complexity index is 1950. The monoisotopic (exact) mass is 876 g/mol. The molecule has 1 aromatic rings. The number of phosphoric acid groups is 1. The van der Waals surface area contributed by atoms with E-state index in [1.807, 2.05) is 0 Å². The predicted octanol–water partition coefficient (Wildman–Crippen LogP) is -0.758. The number of ether oxygens (including phenoxy) is 8. The molecule has 10 atom stereocenters. The average Bonchev–Trinajstić information content (AvgIpc) is 3.42. The smallest absolute Gasteiger partial charge is 0.472 e. The summed E-state index contributed by atoms with van der Waals surface area (Å²) < 4.78 is 68.1. The number of phosphoric ester groups is 1. The maximum Gasteiger partial charge on any atom is 0.472 e. The highest BCUT2D eigenvalue weighted by Crippen LogP contribution is 2.46. The minimum absolute atomic E-state index is 0.123. The molecule has 1 aromatic heterocycles. The maximum absolute atomic E-state index is 13.3. The normalized spacial score (nSPS) is 24.1. The minimum atomic E-state index is -5.21. The summed E-state index contributed by atoms with van der Waals surface area (Å²) in [5.74, 6) is -7.10. The first-order chi connectivity index (χ1) is 28.0. The fraction of sp³-hybridized carbons (Fsp3) is 0.588. The Morgan fingerprint density at radius 1 is 0.833 bits per heavy atom. The standard InChI is InChI=1S/C34H45N4O21P/c1-15(39)35-27-9-10-38(34(47)37-27)33-32(57-22(8)46)30(56-21(7)45)26(59-33)14-52-60(48,49)51-12-23-11-24(53-18(4)42)28(36-16(2)40)31(58-23)29(55-20(6)44)25(54-19(5)43)13-50-17(3)41/h9-11,24-26,28-33H,12-14H2,1-8H3,(H,36,40)(H,48,49)(H,35,37,39,47)/t24-,25-,26-,28-,29-,30?,31?,32?,33-/m1/s1. The molecule has 25 nitrogen and oxygen atoms in total. The first-order valence-corrected chi connectivity index (χ1v) is 19.2. The van der Waals surface area contributed by atoms with Gasteiger partial charge in [0, 0.05) is 61.6 Å². The highest BCUT2D eigenvalue weighted by Gasteiger charge is 2.52. The van der Waals surface area contributed by atoms with Crippen molar-refractivity contribution >= 4 is 61.3 Å². The molecule has 3 heterocycles. The molecule has 1 saturated heterocycles. The summed E-state index contributed by atoms with van der Waals surface area (Å²) in [6, 6.07) is -0.175. The molecular weight excluding hydrogens is 831 g/mol. The van der Waals surface area contributed by atoms with Crippen molar-refractivity contribution in [1.82, 2.24) is 14.9 Å². The van der Waals surface area contributed by atoms with Crippen LogP contribution in [0.3, 0.4) is 0 Å². The lowest BCUT2D eigenvalue weighted by Gasteiger charge is -2.41. The number of rotatable bonds is 18. The van der Waals surface area contributed by atoms with Crippen molar-refractivity contribution in [2.45, 2.75) is 110 Å². The third-order valence-corrected chi connectivity index (χ3v) is 8.78. The van der Waals surface area contributed by atoms with Gasteiger partial charge in [-0.15, -0.1) is 0 Å². The Labute approximate surface area is 340 Å². The van der Waals surface area contributed by atoms with Gasteiger partial charge in [-0.3, -0.25) is 52.0 Å². The van der Waals surface area contributed by atoms with Crippen LogP contribution >= 0.6 is 7.82 Å². The summed E-state index contributed by atoms with van der Waals surface area (Å²) in [6.07, 6.45) is -10.3. The van der Waals surface area contributed by atoms with Gasteiger partial charge in [-0.1, -0.05) is 0 Å². The molecule has 0 spiro atoms. The van der Waals surface area contributed by atoms with Crippen LogP contribution in [0.5, 0.6) is 0 Å². The molecule has 0 bridgehead atoms. The van der Waals surface area contributed by atoms with E-state index in [1.54, 1.807) is 0 Å². The molecule has 26 heteroatoms.